The van der Waals surface area contributed by atoms with Crippen LogP contribution in [0.15, 0.2) is 30.3 Å². The third-order valence-electron chi connectivity index (χ3n) is 8.12. The zero-order chi connectivity index (χ0) is 22.8. The third-order valence-corrected chi connectivity index (χ3v) is 8.12. The van der Waals surface area contributed by atoms with Gasteiger partial charge in [-0.15, -0.1) is 0 Å². The summed E-state index contributed by atoms with van der Waals surface area (Å²) in [5.74, 6) is -0.0210. The minimum Gasteiger partial charge on any atom is -0.388 e. The topological polar surface area (TPSA) is 84.9 Å². The second kappa shape index (κ2) is 9.02. The Hall–Kier alpha value is -2.12. The van der Waals surface area contributed by atoms with Crippen LogP contribution in [-0.4, -0.2) is 71.2 Å². The average molecular weight is 443 g/mol. The molecule has 4 rings (SSSR count). The second-order valence-electron chi connectivity index (χ2n) is 9.99. The summed E-state index contributed by atoms with van der Waals surface area (Å²) in [4.78, 5) is 29.3. The molecule has 1 saturated heterocycles. The molecule has 1 aliphatic heterocycles. The number of carbonyl (C=O) groups excluding carboxylic acids is 2. The van der Waals surface area contributed by atoms with Crippen LogP contribution in [-0.2, 0) is 10.3 Å². The van der Waals surface area contributed by atoms with E-state index in [2.05, 4.69) is 34.9 Å². The molecular formula is C25H38N4O3. The van der Waals surface area contributed by atoms with E-state index in [9.17, 15) is 14.7 Å². The first-order valence-electron chi connectivity index (χ1n) is 12.2. The van der Waals surface area contributed by atoms with Crippen molar-refractivity contribution in [1.82, 2.24) is 20.4 Å². The molecule has 3 aliphatic rings. The molecule has 1 aromatic rings. The molecule has 176 valence electrons. The van der Waals surface area contributed by atoms with Crippen molar-refractivity contribution in [3.05, 3.63) is 35.9 Å². The van der Waals surface area contributed by atoms with Crippen LogP contribution >= 0.6 is 0 Å². The van der Waals surface area contributed by atoms with E-state index in [0.29, 0.717) is 32.6 Å². The van der Waals surface area contributed by atoms with E-state index >= 15 is 0 Å². The molecule has 0 bridgehead atoms. The summed E-state index contributed by atoms with van der Waals surface area (Å²) < 4.78 is 0. The monoisotopic (exact) mass is 442 g/mol. The Balaban J connectivity index is 1.53. The van der Waals surface area contributed by atoms with Crippen LogP contribution in [0.5, 0.6) is 0 Å². The number of nitrogens with zero attached hydrogens (tertiary/aromatic N) is 2. The number of urea groups is 1. The van der Waals surface area contributed by atoms with Crippen molar-refractivity contribution in [1.29, 1.82) is 0 Å². The number of hydrogen-bond donors (Lipinski definition) is 3. The fourth-order valence-electron chi connectivity index (χ4n) is 5.86. The third kappa shape index (κ3) is 4.25. The number of carbonyl (C=O) groups is 2. The zero-order valence-electron chi connectivity index (χ0n) is 19.5. The van der Waals surface area contributed by atoms with Crippen molar-refractivity contribution in [3.8, 4) is 0 Å². The largest absolute Gasteiger partial charge is 0.388 e. The summed E-state index contributed by atoms with van der Waals surface area (Å²) in [6, 6.07) is 10.6. The average Bonchev–Trinajstić information content (AvgIpc) is 3.04. The lowest BCUT2D eigenvalue weighted by Gasteiger charge is -2.50. The number of nitrogens with one attached hydrogen (secondary N) is 2. The molecule has 1 spiro atoms. The summed E-state index contributed by atoms with van der Waals surface area (Å²) in [7, 11) is 2.03. The first-order chi connectivity index (χ1) is 15.4. The highest BCUT2D eigenvalue weighted by Gasteiger charge is 2.55. The Labute approximate surface area is 191 Å². The number of amides is 3. The Bertz CT molecular complexity index is 816. The lowest BCUT2D eigenvalue weighted by atomic mass is 9.68. The molecule has 7 heteroatoms. The van der Waals surface area contributed by atoms with Gasteiger partial charge < -0.3 is 25.5 Å². The van der Waals surface area contributed by atoms with Gasteiger partial charge in [0, 0.05) is 31.6 Å². The van der Waals surface area contributed by atoms with E-state index < -0.39 is 5.60 Å². The molecule has 0 aromatic heterocycles. The van der Waals surface area contributed by atoms with Gasteiger partial charge in [0.05, 0.1) is 17.7 Å². The first kappa shape index (κ1) is 23.1. The molecule has 2 saturated carbocycles. The summed E-state index contributed by atoms with van der Waals surface area (Å²) in [6.07, 6.45) is 6.47. The van der Waals surface area contributed by atoms with E-state index in [1.807, 2.05) is 29.8 Å². The maximum Gasteiger partial charge on any atom is 0.320 e. The SMILES string of the molecule is CCNC(=O)CCN1C[C@]2(CC[C@@](NC)(c3ccccc3)CC2)N(CC2(O)CCC2)C1=O. The lowest BCUT2D eigenvalue weighted by Crippen LogP contribution is -2.59. The van der Waals surface area contributed by atoms with Gasteiger partial charge >= 0.3 is 6.03 Å². The molecule has 1 heterocycles. The molecule has 7 nitrogen and oxygen atoms in total. The highest BCUT2D eigenvalue weighted by atomic mass is 16.3. The van der Waals surface area contributed by atoms with Crippen molar-refractivity contribution in [3.63, 3.8) is 0 Å². The van der Waals surface area contributed by atoms with Crippen LogP contribution in [0.25, 0.3) is 0 Å². The molecule has 2 aliphatic carbocycles. The van der Waals surface area contributed by atoms with Gasteiger partial charge in [0.25, 0.3) is 0 Å². The summed E-state index contributed by atoms with van der Waals surface area (Å²) >= 11 is 0. The molecule has 1 aromatic carbocycles. The van der Waals surface area contributed by atoms with Crippen molar-refractivity contribution in [2.75, 3.05) is 33.2 Å². The van der Waals surface area contributed by atoms with Gasteiger partial charge in [0.1, 0.15) is 0 Å². The van der Waals surface area contributed by atoms with Gasteiger partial charge in [-0.3, -0.25) is 4.79 Å². The number of aliphatic hydroxyl groups is 1. The van der Waals surface area contributed by atoms with Crippen molar-refractivity contribution >= 4 is 11.9 Å². The van der Waals surface area contributed by atoms with Crippen LogP contribution in [0, 0.1) is 0 Å². The lowest BCUT2D eigenvalue weighted by molar-refractivity contribution is -0.121. The van der Waals surface area contributed by atoms with Gasteiger partial charge in [0.2, 0.25) is 5.91 Å². The Morgan fingerprint density at radius 3 is 2.34 bits per heavy atom. The predicted molar refractivity (Wildman–Crippen MR) is 124 cm³/mol. The highest BCUT2D eigenvalue weighted by Crippen LogP contribution is 2.48. The number of β-amino-alcohol motifs (C(OH)–C–C–N with tert-alkyl or cyclic N) is 1. The van der Waals surface area contributed by atoms with E-state index in [1.165, 1.54) is 5.56 Å². The van der Waals surface area contributed by atoms with E-state index in [0.717, 1.165) is 44.9 Å². The fourth-order valence-corrected chi connectivity index (χ4v) is 5.86. The minimum atomic E-state index is -0.755. The molecule has 32 heavy (non-hydrogen) atoms. The first-order valence-corrected chi connectivity index (χ1v) is 12.2. The Morgan fingerprint density at radius 2 is 1.78 bits per heavy atom. The fraction of sp³-hybridized carbons (Fsp3) is 0.680. The molecule has 0 unspecified atom stereocenters. The summed E-state index contributed by atoms with van der Waals surface area (Å²) in [6.45, 7) is 3.97. The number of rotatable bonds is 8. The van der Waals surface area contributed by atoms with Crippen LogP contribution in [0.2, 0.25) is 0 Å². The van der Waals surface area contributed by atoms with Crippen molar-refractivity contribution in [2.24, 2.45) is 0 Å². The number of hydrogen-bond acceptors (Lipinski definition) is 4. The molecule has 3 N–H and O–H groups in total. The molecule has 3 amide bonds. The van der Waals surface area contributed by atoms with Crippen LogP contribution in [0.3, 0.4) is 0 Å². The van der Waals surface area contributed by atoms with Gasteiger partial charge in [-0.1, -0.05) is 30.3 Å². The maximum absolute atomic E-state index is 13.5. The normalized spacial score (nSPS) is 29.3. The molecule has 0 radical (unpaired) electrons. The zero-order valence-corrected chi connectivity index (χ0v) is 19.5. The molecule has 0 atom stereocenters. The minimum absolute atomic E-state index is 0.0210. The van der Waals surface area contributed by atoms with Crippen LogP contribution < -0.4 is 10.6 Å². The van der Waals surface area contributed by atoms with Crippen molar-refractivity contribution in [2.45, 2.75) is 75.0 Å². The van der Waals surface area contributed by atoms with E-state index in [1.54, 1.807) is 0 Å². The quantitative estimate of drug-likeness (QED) is 0.578. The van der Waals surface area contributed by atoms with Crippen LogP contribution in [0.4, 0.5) is 4.79 Å². The summed E-state index contributed by atoms with van der Waals surface area (Å²) in [5, 5.41) is 17.3. The Morgan fingerprint density at radius 1 is 1.09 bits per heavy atom. The predicted octanol–water partition coefficient (Wildman–Crippen LogP) is 2.59. The van der Waals surface area contributed by atoms with Crippen molar-refractivity contribution < 1.29 is 14.7 Å². The molecular weight excluding hydrogens is 404 g/mol. The summed E-state index contributed by atoms with van der Waals surface area (Å²) in [5.41, 5.74) is 0.163. The van der Waals surface area contributed by atoms with Gasteiger partial charge in [-0.05, 0) is 64.5 Å². The van der Waals surface area contributed by atoms with Gasteiger partial charge in [-0.2, -0.15) is 0 Å². The van der Waals surface area contributed by atoms with E-state index in [-0.39, 0.29) is 23.0 Å². The maximum atomic E-state index is 13.5. The highest BCUT2D eigenvalue weighted by molar-refractivity contribution is 5.80. The molecule has 3 fully saturated rings. The van der Waals surface area contributed by atoms with Crippen LogP contribution in [0.1, 0.15) is 63.9 Å². The van der Waals surface area contributed by atoms with Gasteiger partial charge in [-0.25, -0.2) is 4.79 Å². The van der Waals surface area contributed by atoms with E-state index in [4.69, 9.17) is 0 Å². The second-order valence-corrected chi connectivity index (χ2v) is 9.99. The Kier molecular flexibility index (Phi) is 6.50. The smallest absolute Gasteiger partial charge is 0.320 e. The number of benzene rings is 1. The van der Waals surface area contributed by atoms with Gasteiger partial charge in [0.15, 0.2) is 0 Å². The standard InChI is InChI=1S/C25H38N4O3/c1-3-27-21(30)10-17-28-18-23(29(22(28)31)19-24(32)11-7-12-24)13-15-25(26-2,16-14-23)20-8-5-4-6-9-20/h4-6,8-9,26,32H,3,7,10-19H2,1-2H3,(H,27,30)/t23-,25+.